The highest BCUT2D eigenvalue weighted by Crippen LogP contribution is 2.31. The Hall–Kier alpha value is -0.740. The van der Waals surface area contributed by atoms with Gasteiger partial charge in [-0.2, -0.15) is 0 Å². The van der Waals surface area contributed by atoms with Crippen LogP contribution in [-0.4, -0.2) is 15.0 Å². The van der Waals surface area contributed by atoms with Crippen molar-refractivity contribution in [1.82, 2.24) is 0 Å². The zero-order valence-corrected chi connectivity index (χ0v) is 9.15. The van der Waals surface area contributed by atoms with Gasteiger partial charge in [-0.1, -0.05) is 6.07 Å². The van der Waals surface area contributed by atoms with E-state index in [4.69, 9.17) is 15.4 Å². The van der Waals surface area contributed by atoms with Gasteiger partial charge in [0.05, 0.1) is 11.5 Å². The van der Waals surface area contributed by atoms with Crippen LogP contribution in [0.25, 0.3) is 0 Å². The van der Waals surface area contributed by atoms with E-state index in [0.29, 0.717) is 17.9 Å². The van der Waals surface area contributed by atoms with Crippen LogP contribution in [0.4, 0.5) is 0 Å². The number of hydrogen-bond donors (Lipinski definition) is 0. The summed E-state index contributed by atoms with van der Waals surface area (Å²) in [5.41, 5.74) is 1.72. The van der Waals surface area contributed by atoms with Crippen molar-refractivity contribution in [3.8, 4) is 5.75 Å². The van der Waals surface area contributed by atoms with E-state index in [1.54, 1.807) is 6.92 Å². The molecule has 1 aliphatic rings. The van der Waals surface area contributed by atoms with Crippen molar-refractivity contribution in [2.75, 3.05) is 6.61 Å². The zero-order valence-electron chi connectivity index (χ0n) is 7.58. The number of benzene rings is 1. The Morgan fingerprint density at radius 2 is 2.14 bits per heavy atom. The lowest BCUT2D eigenvalue weighted by Gasteiger charge is -2.05. The average molecular weight is 233 g/mol. The van der Waals surface area contributed by atoms with Crippen LogP contribution in [0.2, 0.25) is 0 Å². The number of hydrogen-bond acceptors (Lipinski definition) is 3. The second-order valence-electron chi connectivity index (χ2n) is 3.26. The largest absolute Gasteiger partial charge is 0.493 e. The molecule has 0 radical (unpaired) electrons. The molecule has 0 fully saturated rings. The Bertz CT molecular complexity index is 479. The maximum atomic E-state index is 11.2. The van der Waals surface area contributed by atoms with Crippen molar-refractivity contribution in [3.63, 3.8) is 0 Å². The molecule has 76 valence electrons. The summed E-state index contributed by atoms with van der Waals surface area (Å²) in [4.78, 5) is 0.139. The fraction of sp³-hybridized carbons (Fsp3) is 0.333. The summed E-state index contributed by atoms with van der Waals surface area (Å²) in [6, 6.07) is 3.32. The lowest BCUT2D eigenvalue weighted by Crippen LogP contribution is -1.95. The van der Waals surface area contributed by atoms with Crippen LogP contribution in [0.15, 0.2) is 17.0 Å². The number of fused-ring (bicyclic) bond motifs is 1. The minimum atomic E-state index is -3.66. The summed E-state index contributed by atoms with van der Waals surface area (Å²) in [5, 5.41) is 0. The van der Waals surface area contributed by atoms with Crippen LogP contribution in [0.3, 0.4) is 0 Å². The predicted octanol–water partition coefficient (Wildman–Crippen LogP) is 1.86. The molecule has 0 saturated carbocycles. The molecule has 0 spiro atoms. The van der Waals surface area contributed by atoms with Gasteiger partial charge in [0.15, 0.2) is 0 Å². The maximum Gasteiger partial charge on any atom is 0.261 e. The third-order valence-electron chi connectivity index (χ3n) is 2.25. The Labute approximate surface area is 87.1 Å². The maximum absolute atomic E-state index is 11.2. The quantitative estimate of drug-likeness (QED) is 0.695. The minimum Gasteiger partial charge on any atom is -0.493 e. The summed E-state index contributed by atoms with van der Waals surface area (Å²) < 4.78 is 27.6. The number of aryl methyl sites for hydroxylation is 1. The van der Waals surface area contributed by atoms with Gasteiger partial charge in [0.25, 0.3) is 9.05 Å². The monoisotopic (exact) mass is 232 g/mol. The Morgan fingerprint density at radius 1 is 1.43 bits per heavy atom. The van der Waals surface area contributed by atoms with Crippen LogP contribution in [0.5, 0.6) is 5.75 Å². The second-order valence-corrected chi connectivity index (χ2v) is 5.80. The molecule has 0 aliphatic carbocycles. The van der Waals surface area contributed by atoms with Crippen LogP contribution in [-0.2, 0) is 15.5 Å². The minimum absolute atomic E-state index is 0.139. The lowest BCUT2D eigenvalue weighted by molar-refractivity contribution is 0.356. The van der Waals surface area contributed by atoms with E-state index >= 15 is 0 Å². The lowest BCUT2D eigenvalue weighted by atomic mass is 10.1. The van der Waals surface area contributed by atoms with Gasteiger partial charge in [0.1, 0.15) is 5.75 Å². The molecular weight excluding hydrogens is 224 g/mol. The smallest absolute Gasteiger partial charge is 0.261 e. The topological polar surface area (TPSA) is 43.4 Å². The van der Waals surface area contributed by atoms with Gasteiger partial charge in [0.2, 0.25) is 0 Å². The molecule has 14 heavy (non-hydrogen) atoms. The van der Waals surface area contributed by atoms with Gasteiger partial charge in [-0.05, 0) is 18.1 Å². The molecule has 3 nitrogen and oxygen atoms in total. The van der Waals surface area contributed by atoms with E-state index in [0.717, 1.165) is 12.0 Å². The van der Waals surface area contributed by atoms with Crippen molar-refractivity contribution < 1.29 is 13.2 Å². The molecule has 0 aromatic heterocycles. The fourth-order valence-electron chi connectivity index (χ4n) is 1.59. The van der Waals surface area contributed by atoms with Crippen molar-refractivity contribution in [2.45, 2.75) is 18.2 Å². The molecule has 0 N–H and O–H groups in total. The normalized spacial score (nSPS) is 15.0. The fourth-order valence-corrected chi connectivity index (χ4v) is 2.78. The van der Waals surface area contributed by atoms with Crippen LogP contribution >= 0.6 is 10.7 Å². The summed E-state index contributed by atoms with van der Waals surface area (Å²) in [5.74, 6) is 0.634. The number of ether oxygens (including phenoxy) is 1. The van der Waals surface area contributed by atoms with Gasteiger partial charge in [-0.25, -0.2) is 8.42 Å². The molecule has 0 amide bonds. The van der Waals surface area contributed by atoms with Crippen molar-refractivity contribution >= 4 is 19.7 Å². The molecule has 0 bridgehead atoms. The first-order chi connectivity index (χ1) is 6.48. The van der Waals surface area contributed by atoms with E-state index in [2.05, 4.69) is 0 Å². The third-order valence-corrected chi connectivity index (χ3v) is 3.71. The zero-order chi connectivity index (χ0) is 10.3. The van der Waals surface area contributed by atoms with E-state index in [9.17, 15) is 8.42 Å². The van der Waals surface area contributed by atoms with Gasteiger partial charge in [-0.15, -0.1) is 0 Å². The van der Waals surface area contributed by atoms with E-state index in [1.165, 1.54) is 6.07 Å². The highest BCUT2D eigenvalue weighted by Gasteiger charge is 2.20. The van der Waals surface area contributed by atoms with Crippen LogP contribution in [0, 0.1) is 6.92 Å². The van der Waals surface area contributed by atoms with Crippen molar-refractivity contribution in [2.24, 2.45) is 0 Å². The number of halogens is 1. The summed E-state index contributed by atoms with van der Waals surface area (Å²) in [6.07, 6.45) is 0.832. The molecular formula is C9H9ClO3S. The summed E-state index contributed by atoms with van der Waals surface area (Å²) >= 11 is 0. The second kappa shape index (κ2) is 3.14. The highest BCUT2D eigenvalue weighted by molar-refractivity contribution is 8.13. The molecule has 1 aliphatic heterocycles. The Morgan fingerprint density at radius 3 is 2.79 bits per heavy atom. The van der Waals surface area contributed by atoms with Crippen molar-refractivity contribution in [3.05, 3.63) is 23.3 Å². The molecule has 1 aromatic carbocycles. The molecule has 0 saturated heterocycles. The molecule has 1 heterocycles. The van der Waals surface area contributed by atoms with Gasteiger partial charge < -0.3 is 4.74 Å². The molecule has 2 rings (SSSR count). The first kappa shape index (κ1) is 9.80. The highest BCUT2D eigenvalue weighted by atomic mass is 35.7. The predicted molar refractivity (Wildman–Crippen MR) is 53.4 cm³/mol. The first-order valence-corrected chi connectivity index (χ1v) is 6.50. The van der Waals surface area contributed by atoms with Gasteiger partial charge >= 0.3 is 0 Å². The number of rotatable bonds is 1. The SMILES string of the molecule is Cc1cc2c(cc1S(=O)(=O)Cl)OCC2. The van der Waals surface area contributed by atoms with Crippen LogP contribution < -0.4 is 4.74 Å². The Balaban J connectivity index is 2.65. The van der Waals surface area contributed by atoms with Crippen molar-refractivity contribution in [1.29, 1.82) is 0 Å². The molecule has 5 heteroatoms. The van der Waals surface area contributed by atoms with E-state index in [-0.39, 0.29) is 4.90 Å². The Kier molecular flexibility index (Phi) is 2.20. The molecule has 0 atom stereocenters. The molecule has 1 aromatic rings. The van der Waals surface area contributed by atoms with Crippen LogP contribution in [0.1, 0.15) is 11.1 Å². The van der Waals surface area contributed by atoms with Gasteiger partial charge in [-0.3, -0.25) is 0 Å². The van der Waals surface area contributed by atoms with E-state index < -0.39 is 9.05 Å². The average Bonchev–Trinajstić information content (AvgIpc) is 2.47. The standard InChI is InChI=1S/C9H9ClO3S/c1-6-4-7-2-3-13-8(7)5-9(6)14(10,11)12/h4-5H,2-3H2,1H3. The summed E-state index contributed by atoms with van der Waals surface area (Å²) in [7, 11) is 1.62. The van der Waals surface area contributed by atoms with Gasteiger partial charge in [0, 0.05) is 23.2 Å². The molecule has 0 unspecified atom stereocenters. The third kappa shape index (κ3) is 1.60. The summed E-state index contributed by atoms with van der Waals surface area (Å²) in [6.45, 7) is 2.34. The first-order valence-electron chi connectivity index (χ1n) is 4.19. The van der Waals surface area contributed by atoms with E-state index in [1.807, 2.05) is 6.07 Å².